The van der Waals surface area contributed by atoms with Gasteiger partial charge in [-0.25, -0.2) is 9.78 Å². The van der Waals surface area contributed by atoms with Crippen molar-refractivity contribution >= 4 is 28.5 Å². The van der Waals surface area contributed by atoms with Gasteiger partial charge < -0.3 is 24.1 Å². The first kappa shape index (κ1) is 22.1. The molecule has 0 atom stereocenters. The van der Waals surface area contributed by atoms with Crippen LogP contribution in [0.25, 0.3) is 10.9 Å². The number of carbonyl (C=O) groups excluding carboxylic acids is 2. The van der Waals surface area contributed by atoms with Gasteiger partial charge in [0.05, 0.1) is 30.3 Å². The van der Waals surface area contributed by atoms with Gasteiger partial charge in [0.15, 0.2) is 0 Å². The van der Waals surface area contributed by atoms with Gasteiger partial charge in [-0.15, -0.1) is 0 Å². The third-order valence-electron chi connectivity index (χ3n) is 5.37. The summed E-state index contributed by atoms with van der Waals surface area (Å²) in [5.74, 6) is -0.749. The number of hydrogen-bond donors (Lipinski definition) is 1. The average molecular weight is 425 g/mol. The highest BCUT2D eigenvalue weighted by Crippen LogP contribution is 2.30. The first-order chi connectivity index (χ1) is 14.5. The molecule has 3 aromatic rings. The molecule has 0 aliphatic carbocycles. The highest BCUT2D eigenvalue weighted by Gasteiger charge is 2.29. The number of para-hydroxylation sites is 1. The summed E-state index contributed by atoms with van der Waals surface area (Å²) < 4.78 is 6.67. The van der Waals surface area contributed by atoms with Crippen molar-refractivity contribution in [3.63, 3.8) is 0 Å². The van der Waals surface area contributed by atoms with E-state index in [2.05, 4.69) is 9.97 Å². The third-order valence-corrected chi connectivity index (χ3v) is 5.37. The number of aromatic nitrogens is 3. The molecule has 9 heteroatoms. The van der Waals surface area contributed by atoms with Crippen LogP contribution in [0.3, 0.4) is 0 Å². The number of piperazine rings is 1. The molecule has 1 amide bonds. The molecule has 1 aliphatic heterocycles. The number of nitrogens with zero attached hydrogens (tertiary/aromatic N) is 4. The fourth-order valence-electron chi connectivity index (χ4n) is 3.87. The Morgan fingerprint density at radius 1 is 1.16 bits per heavy atom. The second-order valence-electron chi connectivity index (χ2n) is 7.07. The summed E-state index contributed by atoms with van der Waals surface area (Å²) in [6, 6.07) is 7.49. The molecule has 0 radical (unpaired) electrons. The Morgan fingerprint density at radius 3 is 2.52 bits per heavy atom. The Labute approximate surface area is 180 Å². The Hall–Kier alpha value is -3.62. The fourth-order valence-corrected chi connectivity index (χ4v) is 3.87. The van der Waals surface area contributed by atoms with Crippen LogP contribution in [0.2, 0.25) is 0 Å². The molecule has 0 bridgehead atoms. The van der Waals surface area contributed by atoms with E-state index in [0.717, 1.165) is 10.9 Å². The maximum atomic E-state index is 13.1. The summed E-state index contributed by atoms with van der Waals surface area (Å²) in [6.07, 6.45) is 2.98. The van der Waals surface area contributed by atoms with Crippen LogP contribution in [-0.2, 0) is 11.8 Å². The quantitative estimate of drug-likeness (QED) is 0.642. The van der Waals surface area contributed by atoms with Crippen LogP contribution in [0.4, 0.5) is 5.69 Å². The molecular weight excluding hydrogens is 398 g/mol. The molecule has 2 aromatic heterocycles. The van der Waals surface area contributed by atoms with E-state index >= 15 is 0 Å². The lowest BCUT2D eigenvalue weighted by molar-refractivity contribution is 0.0523. The van der Waals surface area contributed by atoms with Gasteiger partial charge in [0.25, 0.3) is 11.5 Å². The van der Waals surface area contributed by atoms with Crippen LogP contribution < -0.4 is 10.5 Å². The average Bonchev–Trinajstić information content (AvgIpc) is 3.31. The number of aryl methyl sites for hydroxylation is 1. The van der Waals surface area contributed by atoms with E-state index in [1.165, 1.54) is 17.1 Å². The van der Waals surface area contributed by atoms with Gasteiger partial charge in [0.2, 0.25) is 0 Å². The molecule has 9 nitrogen and oxygen atoms in total. The molecule has 1 aromatic carbocycles. The zero-order chi connectivity index (χ0) is 21.3. The predicted molar refractivity (Wildman–Crippen MR) is 119 cm³/mol. The summed E-state index contributed by atoms with van der Waals surface area (Å²) in [4.78, 5) is 48.8. The Bertz CT molecular complexity index is 1140. The zero-order valence-electron chi connectivity index (χ0n) is 16.9. The van der Waals surface area contributed by atoms with Crippen molar-refractivity contribution in [2.45, 2.75) is 14.4 Å². The smallest absolute Gasteiger partial charge is 0.345 e. The summed E-state index contributed by atoms with van der Waals surface area (Å²) in [6.45, 7) is 3.80. The van der Waals surface area contributed by atoms with Crippen molar-refractivity contribution in [1.82, 2.24) is 19.4 Å². The Balaban J connectivity index is 0.00000272. The number of H-pyrrole nitrogens is 1. The number of nitrogens with one attached hydrogen (secondary N) is 1. The topological polar surface area (TPSA) is 101 Å². The number of anilines is 1. The molecule has 1 saturated heterocycles. The normalized spacial score (nSPS) is 13.7. The largest absolute Gasteiger partial charge is 0.462 e. The molecule has 1 N–H and O–H groups in total. The van der Waals surface area contributed by atoms with Gasteiger partial charge >= 0.3 is 5.97 Å². The molecule has 4 rings (SSSR count). The van der Waals surface area contributed by atoms with Crippen molar-refractivity contribution in [2.24, 2.45) is 7.05 Å². The van der Waals surface area contributed by atoms with Gasteiger partial charge in [0, 0.05) is 38.6 Å². The molecule has 0 saturated carbocycles. The first-order valence-corrected chi connectivity index (χ1v) is 9.84. The zero-order valence-corrected chi connectivity index (χ0v) is 16.9. The minimum atomic E-state index is -0.630. The van der Waals surface area contributed by atoms with E-state index in [1.807, 2.05) is 29.2 Å². The van der Waals surface area contributed by atoms with Crippen LogP contribution in [0, 0.1) is 0 Å². The van der Waals surface area contributed by atoms with E-state index < -0.39 is 11.5 Å². The van der Waals surface area contributed by atoms with Gasteiger partial charge in [0.1, 0.15) is 11.3 Å². The molecule has 31 heavy (non-hydrogen) atoms. The summed E-state index contributed by atoms with van der Waals surface area (Å²) in [7, 11) is 1.65. The highest BCUT2D eigenvalue weighted by molar-refractivity contribution is 6.05. The van der Waals surface area contributed by atoms with Gasteiger partial charge in [-0.1, -0.05) is 25.6 Å². The summed E-state index contributed by atoms with van der Waals surface area (Å²) >= 11 is 0. The Morgan fingerprint density at radius 2 is 1.87 bits per heavy atom. The van der Waals surface area contributed by atoms with E-state index in [4.69, 9.17) is 4.74 Å². The number of aromatic amines is 1. The van der Waals surface area contributed by atoms with Gasteiger partial charge in [-0.2, -0.15) is 0 Å². The maximum absolute atomic E-state index is 13.1. The van der Waals surface area contributed by atoms with Crippen molar-refractivity contribution in [3.8, 4) is 0 Å². The maximum Gasteiger partial charge on any atom is 0.345 e. The lowest BCUT2D eigenvalue weighted by Crippen LogP contribution is -2.49. The van der Waals surface area contributed by atoms with Crippen LogP contribution in [0.1, 0.15) is 35.2 Å². The monoisotopic (exact) mass is 425 g/mol. The number of rotatable bonds is 4. The standard InChI is InChI=1S/C21H23N5O4.CH4/c1-3-30-21(29)17-18(14-6-4-5-7-16(14)24(2)20(17)28)25-8-10-26(11-9-25)19(27)15-12-22-13-23-15;/h4-7,12-13H,3,8-11H2,1-2H3,(H,22,23);1H4. The summed E-state index contributed by atoms with van der Waals surface area (Å²) in [5, 5.41) is 0.802. The van der Waals surface area contributed by atoms with Crippen LogP contribution in [-0.4, -0.2) is 64.1 Å². The van der Waals surface area contributed by atoms with Gasteiger partial charge in [-0.3, -0.25) is 9.59 Å². The highest BCUT2D eigenvalue weighted by atomic mass is 16.5. The van der Waals surface area contributed by atoms with Crippen molar-refractivity contribution in [2.75, 3.05) is 37.7 Å². The number of fused-ring (bicyclic) bond motifs is 1. The van der Waals surface area contributed by atoms with E-state index in [1.54, 1.807) is 18.9 Å². The first-order valence-electron chi connectivity index (χ1n) is 9.84. The summed E-state index contributed by atoms with van der Waals surface area (Å²) in [5.41, 5.74) is 1.39. The molecule has 164 valence electrons. The second-order valence-corrected chi connectivity index (χ2v) is 7.07. The lowest BCUT2D eigenvalue weighted by atomic mass is 10.1. The second kappa shape index (κ2) is 9.03. The number of benzene rings is 1. The van der Waals surface area contributed by atoms with Crippen LogP contribution in [0.15, 0.2) is 41.6 Å². The number of pyridine rings is 1. The van der Waals surface area contributed by atoms with Crippen LogP contribution >= 0.6 is 0 Å². The molecule has 1 fully saturated rings. The Kier molecular flexibility index (Phi) is 6.43. The molecular formula is C22H27N5O4. The minimum absolute atomic E-state index is 0. The number of carbonyl (C=O) groups is 2. The number of ether oxygens (including phenoxy) is 1. The van der Waals surface area contributed by atoms with E-state index in [-0.39, 0.29) is 25.5 Å². The molecule has 1 aliphatic rings. The number of imidazole rings is 1. The lowest BCUT2D eigenvalue weighted by Gasteiger charge is -2.37. The van der Waals surface area contributed by atoms with Crippen molar-refractivity contribution < 1.29 is 14.3 Å². The van der Waals surface area contributed by atoms with Crippen molar-refractivity contribution in [1.29, 1.82) is 0 Å². The van der Waals surface area contributed by atoms with Crippen molar-refractivity contribution in [3.05, 3.63) is 58.4 Å². The number of hydrogen-bond acceptors (Lipinski definition) is 6. The minimum Gasteiger partial charge on any atom is -0.462 e. The van der Waals surface area contributed by atoms with E-state index in [9.17, 15) is 14.4 Å². The SMILES string of the molecule is C.CCOC(=O)c1c(N2CCN(C(=O)c3cnc[nH]3)CC2)c2ccccc2n(C)c1=O. The number of amides is 1. The predicted octanol–water partition coefficient (Wildman–Crippen LogP) is 2.04. The van der Waals surface area contributed by atoms with Crippen LogP contribution in [0.5, 0.6) is 0 Å². The third kappa shape index (κ3) is 3.90. The molecule has 0 unspecified atom stereocenters. The fraction of sp³-hybridized carbons (Fsp3) is 0.364. The molecule has 3 heterocycles. The van der Waals surface area contributed by atoms with Gasteiger partial charge in [-0.05, 0) is 13.0 Å². The molecule has 0 spiro atoms. The van der Waals surface area contributed by atoms with E-state index in [0.29, 0.717) is 37.6 Å². The number of esters is 1.